The molecule has 2 heterocycles. The van der Waals surface area contributed by atoms with Crippen LogP contribution >= 0.6 is 22.9 Å². The van der Waals surface area contributed by atoms with E-state index in [1.165, 1.54) is 30.6 Å². The average molecular weight is 448 g/mol. The summed E-state index contributed by atoms with van der Waals surface area (Å²) in [5, 5.41) is 16.8. The number of thiazole rings is 1. The lowest BCUT2D eigenvalue weighted by molar-refractivity contribution is -0.130. The molecular weight excluding hydrogens is 430 g/mol. The van der Waals surface area contributed by atoms with Gasteiger partial charge in [-0.2, -0.15) is 0 Å². The van der Waals surface area contributed by atoms with Crippen molar-refractivity contribution in [3.05, 3.63) is 47.0 Å². The summed E-state index contributed by atoms with van der Waals surface area (Å²) < 4.78 is 6.30. The van der Waals surface area contributed by atoms with Crippen molar-refractivity contribution in [1.82, 2.24) is 4.98 Å². The second kappa shape index (κ2) is 7.31. The maximum absolute atomic E-state index is 12.3. The molecule has 4 rings (SSSR count). The number of hydrogen-bond donors (Lipinski definition) is 4. The maximum Gasteiger partial charge on any atom is 0.335 e. The molecule has 2 unspecified atom stereocenters. The minimum absolute atomic E-state index is 0.105. The number of ether oxygens (including phenoxy) is 1. The van der Waals surface area contributed by atoms with Crippen molar-refractivity contribution in [1.29, 1.82) is 0 Å². The predicted octanol–water partition coefficient (Wildman–Crippen LogP) is 2.78. The first-order valence-electron chi connectivity index (χ1n) is 8.81. The van der Waals surface area contributed by atoms with Gasteiger partial charge in [0.15, 0.2) is 11.2 Å². The number of rotatable bonds is 6. The van der Waals surface area contributed by atoms with Crippen LogP contribution in [0.4, 0.5) is 16.5 Å². The summed E-state index contributed by atoms with van der Waals surface area (Å²) in [5.41, 5.74) is 7.66. The predicted molar refractivity (Wildman–Crippen MR) is 116 cm³/mol. The fourth-order valence-corrected chi connectivity index (χ4v) is 4.77. The van der Waals surface area contributed by atoms with Crippen molar-refractivity contribution in [3.8, 4) is 0 Å². The summed E-state index contributed by atoms with van der Waals surface area (Å²) in [6.45, 7) is 0. The van der Waals surface area contributed by atoms with E-state index in [4.69, 9.17) is 22.1 Å². The van der Waals surface area contributed by atoms with Crippen molar-refractivity contribution in [3.63, 3.8) is 0 Å². The number of hydrogen-bond acceptors (Lipinski definition) is 8. The number of carboxylic acid groups (broad SMARTS) is 1. The lowest BCUT2D eigenvalue weighted by Gasteiger charge is -2.41. The van der Waals surface area contributed by atoms with E-state index in [0.717, 1.165) is 10.2 Å². The number of primary amides is 1. The molecule has 11 heteroatoms. The quantitative estimate of drug-likeness (QED) is 0.454. The zero-order chi connectivity index (χ0) is 21.6. The Morgan fingerprint density at radius 3 is 2.80 bits per heavy atom. The highest BCUT2D eigenvalue weighted by Crippen LogP contribution is 2.43. The first-order chi connectivity index (χ1) is 14.2. The summed E-state index contributed by atoms with van der Waals surface area (Å²) in [7, 11) is 3.11. The Labute approximate surface area is 180 Å². The fourth-order valence-electron chi connectivity index (χ4n) is 3.57. The van der Waals surface area contributed by atoms with Crippen molar-refractivity contribution in [2.24, 2.45) is 5.73 Å². The zero-order valence-electron chi connectivity index (χ0n) is 16.0. The molecule has 3 aromatic rings. The first-order valence-corrected chi connectivity index (χ1v) is 10.0. The summed E-state index contributed by atoms with van der Waals surface area (Å²) in [5.74, 6) is -3.11. The normalized spacial score (nSPS) is 18.7. The smallest absolute Gasteiger partial charge is 0.335 e. The number of anilines is 3. The summed E-state index contributed by atoms with van der Waals surface area (Å²) in [4.78, 5) is 30.0. The third-order valence-corrected chi connectivity index (χ3v) is 6.15. The zero-order valence-corrected chi connectivity index (χ0v) is 17.5. The lowest BCUT2D eigenvalue weighted by atomic mass is 10.1. The Kier molecular flexibility index (Phi) is 4.92. The Balaban J connectivity index is 1.81. The minimum atomic E-state index is -1.34. The molecule has 0 spiro atoms. The van der Waals surface area contributed by atoms with Gasteiger partial charge >= 0.3 is 5.97 Å². The third-order valence-electron chi connectivity index (χ3n) is 4.98. The van der Waals surface area contributed by atoms with Gasteiger partial charge in [0.2, 0.25) is 5.79 Å². The third kappa shape index (κ3) is 3.18. The highest BCUT2D eigenvalue weighted by Gasteiger charge is 2.52. The maximum atomic E-state index is 12.3. The van der Waals surface area contributed by atoms with Crippen LogP contribution in [0.5, 0.6) is 0 Å². The molecule has 0 saturated carbocycles. The number of nitrogens with two attached hydrogens (primary N) is 1. The molecule has 1 aromatic heterocycles. The van der Waals surface area contributed by atoms with Crippen LogP contribution in [0.15, 0.2) is 36.4 Å². The van der Waals surface area contributed by atoms with Crippen LogP contribution in [0.3, 0.4) is 0 Å². The highest BCUT2D eigenvalue weighted by atomic mass is 35.5. The number of amides is 1. The number of carbonyl (C=O) groups excluding carboxylic acids is 1. The van der Waals surface area contributed by atoms with Crippen LogP contribution in [0.1, 0.15) is 10.4 Å². The van der Waals surface area contributed by atoms with Crippen LogP contribution in [-0.4, -0.2) is 48.0 Å². The van der Waals surface area contributed by atoms with Gasteiger partial charge in [-0.1, -0.05) is 22.9 Å². The number of likely N-dealkylation sites (N-methyl/N-ethyl adjacent to an activating group) is 1. The van der Waals surface area contributed by atoms with Gasteiger partial charge in [-0.05, 0) is 36.4 Å². The molecule has 0 fully saturated rings. The number of halogens is 1. The van der Waals surface area contributed by atoms with Crippen LogP contribution < -0.4 is 21.3 Å². The molecule has 2 aromatic carbocycles. The molecule has 1 amide bonds. The number of fused-ring (bicyclic) bond motifs is 2. The van der Waals surface area contributed by atoms with E-state index in [1.54, 1.807) is 36.2 Å². The van der Waals surface area contributed by atoms with Crippen LogP contribution in [0, 0.1) is 0 Å². The molecule has 156 valence electrons. The first kappa shape index (κ1) is 20.2. The van der Waals surface area contributed by atoms with Gasteiger partial charge in [-0.25, -0.2) is 9.78 Å². The number of aromatic carboxylic acids is 1. The second-order valence-electron chi connectivity index (χ2n) is 6.76. The van der Waals surface area contributed by atoms with Gasteiger partial charge < -0.3 is 31.1 Å². The molecule has 1 aliphatic heterocycles. The summed E-state index contributed by atoms with van der Waals surface area (Å²) >= 11 is 7.42. The molecule has 0 saturated heterocycles. The molecule has 2 atom stereocenters. The van der Waals surface area contributed by atoms with E-state index in [2.05, 4.69) is 15.6 Å². The number of methoxy groups -OCH3 is 1. The second-order valence-corrected chi connectivity index (χ2v) is 8.23. The van der Waals surface area contributed by atoms with Crippen molar-refractivity contribution in [2.45, 2.75) is 11.9 Å². The largest absolute Gasteiger partial charge is 0.478 e. The minimum Gasteiger partial charge on any atom is -0.478 e. The SMILES string of the molecule is COC(C(N)=O)C1(Nc2nc3ccc(Cl)cc3s2)Nc2cc(C(=O)O)ccc2N1C. The van der Waals surface area contributed by atoms with E-state index < -0.39 is 23.8 Å². The van der Waals surface area contributed by atoms with E-state index in [-0.39, 0.29) is 5.56 Å². The number of carbonyl (C=O) groups is 2. The molecular formula is C19H18ClN5O4S. The van der Waals surface area contributed by atoms with E-state index in [0.29, 0.717) is 21.5 Å². The number of nitrogens with zero attached hydrogens (tertiary/aromatic N) is 2. The summed E-state index contributed by atoms with van der Waals surface area (Å²) in [6, 6.07) is 9.97. The van der Waals surface area contributed by atoms with Crippen LogP contribution in [-0.2, 0) is 9.53 Å². The number of benzene rings is 2. The van der Waals surface area contributed by atoms with E-state index in [1.807, 2.05) is 0 Å². The lowest BCUT2D eigenvalue weighted by Crippen LogP contribution is -2.67. The summed E-state index contributed by atoms with van der Waals surface area (Å²) in [6.07, 6.45) is -1.14. The number of carboxylic acids is 1. The molecule has 5 N–H and O–H groups in total. The number of aromatic nitrogens is 1. The Bertz CT molecular complexity index is 1170. The topological polar surface area (TPSA) is 130 Å². The Hall–Kier alpha value is -3.08. The van der Waals surface area contributed by atoms with Crippen LogP contribution in [0.25, 0.3) is 10.2 Å². The van der Waals surface area contributed by atoms with Crippen molar-refractivity contribution in [2.75, 3.05) is 29.7 Å². The Morgan fingerprint density at radius 1 is 1.37 bits per heavy atom. The van der Waals surface area contributed by atoms with Gasteiger partial charge in [0.05, 0.1) is 27.2 Å². The van der Waals surface area contributed by atoms with E-state index >= 15 is 0 Å². The number of nitrogens with one attached hydrogen (secondary N) is 2. The molecule has 30 heavy (non-hydrogen) atoms. The molecule has 1 aliphatic rings. The van der Waals surface area contributed by atoms with E-state index in [9.17, 15) is 14.7 Å². The monoisotopic (exact) mass is 447 g/mol. The van der Waals surface area contributed by atoms with Gasteiger partial charge in [0, 0.05) is 19.2 Å². The molecule has 0 radical (unpaired) electrons. The highest BCUT2D eigenvalue weighted by molar-refractivity contribution is 7.22. The standard InChI is InChI=1S/C19H18ClN5O4S/c1-25-13-6-3-9(17(27)28)7-12(13)23-19(25,15(29-2)16(21)26)24-18-22-11-5-4-10(20)8-14(11)30-18/h3-8,15,23H,1-2H3,(H2,21,26)(H,22,24)(H,27,28). The van der Waals surface area contributed by atoms with Gasteiger partial charge in [-0.15, -0.1) is 0 Å². The molecule has 0 bridgehead atoms. The van der Waals surface area contributed by atoms with Gasteiger partial charge in [0.25, 0.3) is 5.91 Å². The van der Waals surface area contributed by atoms with Gasteiger partial charge in [0.1, 0.15) is 0 Å². The van der Waals surface area contributed by atoms with Gasteiger partial charge in [-0.3, -0.25) is 4.79 Å². The van der Waals surface area contributed by atoms with Crippen molar-refractivity contribution < 1.29 is 19.4 Å². The Morgan fingerprint density at radius 2 is 2.13 bits per heavy atom. The van der Waals surface area contributed by atoms with Crippen molar-refractivity contribution >= 4 is 61.5 Å². The average Bonchev–Trinajstić information content (AvgIpc) is 3.20. The van der Waals surface area contributed by atoms with Crippen LogP contribution in [0.2, 0.25) is 5.02 Å². The molecule has 9 nitrogen and oxygen atoms in total. The molecule has 0 aliphatic carbocycles. The fraction of sp³-hybridized carbons (Fsp3) is 0.211.